The van der Waals surface area contributed by atoms with Crippen molar-refractivity contribution in [1.29, 1.82) is 0 Å². The number of nitrogens with one attached hydrogen (secondary N) is 1. The molecule has 0 bridgehead atoms. The Morgan fingerprint density at radius 2 is 2.17 bits per heavy atom. The van der Waals surface area contributed by atoms with E-state index in [1.54, 1.807) is 0 Å². The fraction of sp³-hybridized carbons (Fsp3) is 0.500. The zero-order valence-corrected chi connectivity index (χ0v) is 10.8. The van der Waals surface area contributed by atoms with Crippen LogP contribution in [-0.4, -0.2) is 19.2 Å². The molecule has 1 N–H and O–H groups in total. The quantitative estimate of drug-likeness (QED) is 0.824. The summed E-state index contributed by atoms with van der Waals surface area (Å²) in [6, 6.07) is 9.31. The smallest absolute Gasteiger partial charge is 0.0952 e. The minimum Gasteiger partial charge on any atom is -0.372 e. The average molecular weight is 243 g/mol. The van der Waals surface area contributed by atoms with Gasteiger partial charge in [-0.25, -0.2) is 0 Å². The molecule has 0 spiro atoms. The zero-order valence-electron chi connectivity index (χ0n) is 10.8. The second kappa shape index (κ2) is 5.68. The highest BCUT2D eigenvalue weighted by Crippen LogP contribution is 2.26. The van der Waals surface area contributed by atoms with Crippen molar-refractivity contribution in [2.24, 2.45) is 0 Å². The van der Waals surface area contributed by atoms with Crippen LogP contribution in [-0.2, 0) is 11.2 Å². The first-order valence-electron chi connectivity index (χ1n) is 7.01. The van der Waals surface area contributed by atoms with Crippen LogP contribution in [0.4, 0.5) is 0 Å². The molecule has 1 heterocycles. The van der Waals surface area contributed by atoms with Crippen LogP contribution in [0.3, 0.4) is 0 Å². The van der Waals surface area contributed by atoms with E-state index in [4.69, 9.17) is 4.74 Å². The maximum atomic E-state index is 5.91. The van der Waals surface area contributed by atoms with Crippen molar-refractivity contribution in [3.63, 3.8) is 0 Å². The fourth-order valence-electron chi connectivity index (χ4n) is 2.90. The Hall–Kier alpha value is -1.12. The second-order valence-electron chi connectivity index (χ2n) is 5.20. The molecule has 2 aliphatic rings. The van der Waals surface area contributed by atoms with E-state index < -0.39 is 0 Å². The maximum Gasteiger partial charge on any atom is 0.0952 e. The van der Waals surface area contributed by atoms with Gasteiger partial charge >= 0.3 is 0 Å². The molecule has 0 saturated carbocycles. The van der Waals surface area contributed by atoms with Crippen molar-refractivity contribution in [2.45, 2.75) is 37.8 Å². The van der Waals surface area contributed by atoms with Crippen LogP contribution in [0.1, 0.15) is 36.5 Å². The molecule has 3 rings (SSSR count). The third kappa shape index (κ3) is 2.65. The summed E-state index contributed by atoms with van der Waals surface area (Å²) < 4.78 is 5.91. The van der Waals surface area contributed by atoms with E-state index in [-0.39, 0.29) is 6.10 Å². The first-order valence-corrected chi connectivity index (χ1v) is 7.01. The summed E-state index contributed by atoms with van der Waals surface area (Å²) in [5.41, 5.74) is 2.83. The molecule has 1 aromatic carbocycles. The van der Waals surface area contributed by atoms with Gasteiger partial charge in [0.15, 0.2) is 0 Å². The predicted octanol–water partition coefficient (Wildman–Crippen LogP) is 3.00. The lowest BCUT2D eigenvalue weighted by Gasteiger charge is -2.28. The normalized spacial score (nSPS) is 26.9. The summed E-state index contributed by atoms with van der Waals surface area (Å²) in [7, 11) is 0. The van der Waals surface area contributed by atoms with E-state index in [2.05, 4.69) is 41.7 Å². The Morgan fingerprint density at radius 1 is 1.22 bits per heavy atom. The molecular formula is C16H21NO. The van der Waals surface area contributed by atoms with E-state index in [0.29, 0.717) is 6.04 Å². The third-order valence-electron chi connectivity index (χ3n) is 3.95. The monoisotopic (exact) mass is 243 g/mol. The molecule has 2 nitrogen and oxygen atoms in total. The first-order chi connectivity index (χ1) is 8.93. The SMILES string of the molecule is C1=CCC(NCC2OCCc3ccccc32)CC1. The number of benzene rings is 1. The number of hydrogen-bond donors (Lipinski definition) is 1. The lowest BCUT2D eigenvalue weighted by molar-refractivity contribution is 0.0404. The van der Waals surface area contributed by atoms with Gasteiger partial charge in [0.1, 0.15) is 0 Å². The molecule has 18 heavy (non-hydrogen) atoms. The largest absolute Gasteiger partial charge is 0.372 e. The standard InChI is InChI=1S/C16H21NO/c1-2-7-14(8-3-1)17-12-16-15-9-5-4-6-13(15)10-11-18-16/h1-2,4-6,9,14,16-17H,3,7-8,10-12H2. The molecule has 96 valence electrons. The Labute approximate surface area is 109 Å². The van der Waals surface area contributed by atoms with Crippen LogP contribution >= 0.6 is 0 Å². The average Bonchev–Trinajstić information content (AvgIpc) is 2.46. The van der Waals surface area contributed by atoms with E-state index in [0.717, 1.165) is 26.0 Å². The number of hydrogen-bond acceptors (Lipinski definition) is 2. The molecule has 0 amide bonds. The van der Waals surface area contributed by atoms with E-state index in [1.165, 1.54) is 24.0 Å². The van der Waals surface area contributed by atoms with Gasteiger partial charge in [0.25, 0.3) is 0 Å². The first kappa shape index (κ1) is 11.9. The predicted molar refractivity (Wildman–Crippen MR) is 73.6 cm³/mol. The van der Waals surface area contributed by atoms with Crippen molar-refractivity contribution in [2.75, 3.05) is 13.2 Å². The fourth-order valence-corrected chi connectivity index (χ4v) is 2.90. The van der Waals surface area contributed by atoms with Crippen LogP contribution in [0.2, 0.25) is 0 Å². The Kier molecular flexibility index (Phi) is 3.77. The molecule has 1 aliphatic carbocycles. The van der Waals surface area contributed by atoms with Crippen LogP contribution in [0.15, 0.2) is 36.4 Å². The van der Waals surface area contributed by atoms with Crippen LogP contribution in [0, 0.1) is 0 Å². The molecule has 2 atom stereocenters. The number of ether oxygens (including phenoxy) is 1. The summed E-state index contributed by atoms with van der Waals surface area (Å²) >= 11 is 0. The molecule has 1 aromatic rings. The molecule has 0 aromatic heterocycles. The topological polar surface area (TPSA) is 21.3 Å². The van der Waals surface area contributed by atoms with Gasteiger partial charge in [-0.05, 0) is 36.8 Å². The highest BCUT2D eigenvalue weighted by molar-refractivity contribution is 5.31. The highest BCUT2D eigenvalue weighted by Gasteiger charge is 2.21. The Bertz CT molecular complexity index is 427. The minimum atomic E-state index is 0.237. The van der Waals surface area contributed by atoms with E-state index in [9.17, 15) is 0 Å². The second-order valence-corrected chi connectivity index (χ2v) is 5.20. The van der Waals surface area contributed by atoms with Gasteiger partial charge in [-0.1, -0.05) is 36.4 Å². The van der Waals surface area contributed by atoms with E-state index >= 15 is 0 Å². The molecule has 2 unspecified atom stereocenters. The van der Waals surface area contributed by atoms with Gasteiger partial charge in [-0.15, -0.1) is 0 Å². The van der Waals surface area contributed by atoms with Gasteiger partial charge in [0.05, 0.1) is 12.7 Å². The third-order valence-corrected chi connectivity index (χ3v) is 3.95. The molecule has 0 radical (unpaired) electrons. The Morgan fingerprint density at radius 3 is 3.06 bits per heavy atom. The molecule has 0 fully saturated rings. The van der Waals surface area contributed by atoms with Crippen molar-refractivity contribution in [1.82, 2.24) is 5.32 Å². The summed E-state index contributed by atoms with van der Waals surface area (Å²) in [5.74, 6) is 0. The lowest BCUT2D eigenvalue weighted by Crippen LogP contribution is -2.35. The van der Waals surface area contributed by atoms with Crippen molar-refractivity contribution in [3.05, 3.63) is 47.5 Å². The van der Waals surface area contributed by atoms with Crippen molar-refractivity contribution >= 4 is 0 Å². The summed E-state index contributed by atoms with van der Waals surface area (Å²) in [6.07, 6.45) is 9.49. The molecule has 1 aliphatic heterocycles. The summed E-state index contributed by atoms with van der Waals surface area (Å²) in [5, 5.41) is 3.66. The van der Waals surface area contributed by atoms with E-state index in [1.807, 2.05) is 0 Å². The van der Waals surface area contributed by atoms with Crippen molar-refractivity contribution < 1.29 is 4.74 Å². The van der Waals surface area contributed by atoms with Gasteiger partial charge in [-0.3, -0.25) is 0 Å². The van der Waals surface area contributed by atoms with Crippen LogP contribution < -0.4 is 5.32 Å². The molecule has 0 saturated heterocycles. The zero-order chi connectivity index (χ0) is 12.2. The molecule has 2 heteroatoms. The molecular weight excluding hydrogens is 222 g/mol. The summed E-state index contributed by atoms with van der Waals surface area (Å²) in [4.78, 5) is 0. The highest BCUT2D eigenvalue weighted by atomic mass is 16.5. The van der Waals surface area contributed by atoms with Gasteiger partial charge in [0, 0.05) is 12.6 Å². The Balaban J connectivity index is 1.62. The number of allylic oxidation sites excluding steroid dienone is 1. The van der Waals surface area contributed by atoms with Crippen LogP contribution in [0.5, 0.6) is 0 Å². The minimum absolute atomic E-state index is 0.237. The van der Waals surface area contributed by atoms with Gasteiger partial charge in [0.2, 0.25) is 0 Å². The summed E-state index contributed by atoms with van der Waals surface area (Å²) in [6.45, 7) is 1.80. The van der Waals surface area contributed by atoms with Crippen molar-refractivity contribution in [3.8, 4) is 0 Å². The van der Waals surface area contributed by atoms with Crippen LogP contribution in [0.25, 0.3) is 0 Å². The van der Waals surface area contributed by atoms with Gasteiger partial charge < -0.3 is 10.1 Å². The lowest BCUT2D eigenvalue weighted by atomic mass is 9.96. The van der Waals surface area contributed by atoms with Gasteiger partial charge in [-0.2, -0.15) is 0 Å². The number of fused-ring (bicyclic) bond motifs is 1. The number of rotatable bonds is 3. The maximum absolute atomic E-state index is 5.91.